The Morgan fingerprint density at radius 3 is 1.92 bits per heavy atom. The maximum absolute atomic E-state index is 12.6. The molecule has 4 unspecified atom stereocenters. The van der Waals surface area contributed by atoms with Crippen LogP contribution in [0.15, 0.2) is 47.0 Å². The molecule has 410 valence electrons. The Balaban J connectivity index is 0.000000454. The lowest BCUT2D eigenvalue weighted by atomic mass is 10.2. The van der Waals surface area contributed by atoms with E-state index in [1.165, 1.54) is 14.2 Å². The van der Waals surface area contributed by atoms with Crippen LogP contribution in [0.4, 0.5) is 10.6 Å². The van der Waals surface area contributed by atoms with Gasteiger partial charge in [-0.05, 0) is 62.8 Å². The summed E-state index contributed by atoms with van der Waals surface area (Å²) in [5, 5.41) is 27.3. The fraction of sp³-hybridized carbons (Fsp3) is 0.600. The molecule has 1 aliphatic heterocycles. The number of aliphatic hydroxyl groups is 2. The second-order valence-corrected chi connectivity index (χ2v) is 17.1. The Kier molecular flexibility index (Phi) is 28.5. The van der Waals surface area contributed by atoms with E-state index in [2.05, 4.69) is 38.5 Å². The number of thiol groups is 1. The first kappa shape index (κ1) is 60.8. The Morgan fingerprint density at radius 1 is 0.757 bits per heavy atom. The number of amides is 3. The van der Waals surface area contributed by atoms with Crippen LogP contribution in [0.1, 0.15) is 78.1 Å². The number of nitrogens with one attached hydrogen (secondary N) is 3. The SMILES string of the molecule is CCC(CO)OC(COC(=O)CCCC(=O)NCCCCNC(=O)Oc1cccc(-c2nc(N3CCOCC3)c3oc4ncccc4c3n2)c1)OC.CCC(CO)OC(COC(=O)CCCC(=O)NCCS)OC. The lowest BCUT2D eigenvalue weighted by Gasteiger charge is -2.27. The molecule has 0 aliphatic carbocycles. The number of anilines is 1. The summed E-state index contributed by atoms with van der Waals surface area (Å²) in [4.78, 5) is 75.8. The van der Waals surface area contributed by atoms with Crippen LogP contribution in [0.2, 0.25) is 0 Å². The van der Waals surface area contributed by atoms with Crippen LogP contribution in [0.25, 0.3) is 33.6 Å². The van der Waals surface area contributed by atoms with Gasteiger partial charge in [-0.1, -0.05) is 26.0 Å². The minimum absolute atomic E-state index is 0.0440. The molecule has 0 bridgehead atoms. The van der Waals surface area contributed by atoms with Gasteiger partial charge in [0.05, 0.1) is 44.0 Å². The number of benzene rings is 1. The van der Waals surface area contributed by atoms with Crippen LogP contribution < -0.4 is 25.6 Å². The third kappa shape index (κ3) is 21.6. The van der Waals surface area contributed by atoms with E-state index in [0.29, 0.717) is 130 Å². The minimum Gasteiger partial charge on any atom is -0.460 e. The number of carbonyl (C=O) groups excluding carboxylic acids is 5. The zero-order valence-corrected chi connectivity index (χ0v) is 43.6. The molecule has 0 radical (unpaired) electrons. The quantitative estimate of drug-likeness (QED) is 0.0173. The maximum Gasteiger partial charge on any atom is 0.412 e. The minimum atomic E-state index is -0.772. The van der Waals surface area contributed by atoms with Crippen molar-refractivity contribution in [1.82, 2.24) is 30.9 Å². The number of hydrogen-bond donors (Lipinski definition) is 6. The summed E-state index contributed by atoms with van der Waals surface area (Å²) < 4.78 is 48.5. The Labute approximate surface area is 436 Å². The molecule has 3 aromatic heterocycles. The lowest BCUT2D eigenvalue weighted by molar-refractivity contribution is -0.194. The van der Waals surface area contributed by atoms with Crippen molar-refractivity contribution in [2.45, 2.75) is 103 Å². The van der Waals surface area contributed by atoms with Crippen molar-refractivity contribution in [1.29, 1.82) is 0 Å². The monoisotopic (exact) mass is 1060 g/mol. The van der Waals surface area contributed by atoms with Gasteiger partial charge in [0.2, 0.25) is 17.5 Å². The zero-order valence-electron chi connectivity index (χ0n) is 42.8. The van der Waals surface area contributed by atoms with Gasteiger partial charge in [0, 0.05) is 90.1 Å². The molecule has 5 rings (SSSR count). The van der Waals surface area contributed by atoms with Gasteiger partial charge in [0.1, 0.15) is 24.5 Å². The molecule has 1 aromatic carbocycles. The summed E-state index contributed by atoms with van der Waals surface area (Å²) in [6.45, 7) is 7.08. The number of carbonyl (C=O) groups is 5. The molecule has 0 spiro atoms. The summed E-state index contributed by atoms with van der Waals surface area (Å²) in [6.07, 6.45) is 2.75. The smallest absolute Gasteiger partial charge is 0.412 e. The number of hydrogen-bond acceptors (Lipinski definition) is 21. The highest BCUT2D eigenvalue weighted by Gasteiger charge is 2.24. The number of nitrogens with zero attached hydrogens (tertiary/aromatic N) is 4. The van der Waals surface area contributed by atoms with Gasteiger partial charge in [-0.15, -0.1) is 0 Å². The number of morpholine rings is 1. The van der Waals surface area contributed by atoms with Crippen LogP contribution in [0, 0.1) is 0 Å². The molecule has 0 saturated carbocycles. The third-order valence-electron chi connectivity index (χ3n) is 11.2. The number of unbranched alkanes of at least 4 members (excludes halogenated alkanes) is 1. The van der Waals surface area contributed by atoms with Crippen molar-refractivity contribution in [2.24, 2.45) is 0 Å². The predicted molar refractivity (Wildman–Crippen MR) is 274 cm³/mol. The van der Waals surface area contributed by atoms with Crippen molar-refractivity contribution in [3.05, 3.63) is 42.6 Å². The Morgan fingerprint density at radius 2 is 1.35 bits per heavy atom. The van der Waals surface area contributed by atoms with Crippen molar-refractivity contribution in [2.75, 3.05) is 97.2 Å². The first-order valence-electron chi connectivity index (χ1n) is 24.9. The second-order valence-electron chi connectivity index (χ2n) is 16.7. The molecule has 5 N–H and O–H groups in total. The fourth-order valence-electron chi connectivity index (χ4n) is 7.01. The first-order chi connectivity index (χ1) is 35.9. The topological polar surface area (TPSA) is 291 Å². The summed E-state index contributed by atoms with van der Waals surface area (Å²) in [6, 6.07) is 10.8. The van der Waals surface area contributed by atoms with E-state index in [9.17, 15) is 29.1 Å². The molecule has 4 heterocycles. The van der Waals surface area contributed by atoms with Crippen LogP contribution >= 0.6 is 12.6 Å². The summed E-state index contributed by atoms with van der Waals surface area (Å²) in [7, 11) is 2.87. The number of aromatic nitrogens is 3. The first-order valence-corrected chi connectivity index (χ1v) is 25.6. The summed E-state index contributed by atoms with van der Waals surface area (Å²) in [5.41, 5.74) is 2.36. The van der Waals surface area contributed by atoms with Gasteiger partial charge < -0.3 is 73.4 Å². The van der Waals surface area contributed by atoms with Gasteiger partial charge in [-0.25, -0.2) is 19.7 Å². The molecular weight excluding hydrogens is 987 g/mol. The van der Waals surface area contributed by atoms with Crippen molar-refractivity contribution in [3.8, 4) is 17.1 Å². The number of ether oxygens (including phenoxy) is 8. The highest BCUT2D eigenvalue weighted by molar-refractivity contribution is 7.80. The largest absolute Gasteiger partial charge is 0.460 e. The van der Waals surface area contributed by atoms with Gasteiger partial charge in [0.15, 0.2) is 29.8 Å². The van der Waals surface area contributed by atoms with Gasteiger partial charge >= 0.3 is 18.0 Å². The number of pyridine rings is 1. The predicted octanol–water partition coefficient (Wildman–Crippen LogP) is 4.24. The van der Waals surface area contributed by atoms with E-state index < -0.39 is 36.7 Å². The number of rotatable bonds is 32. The van der Waals surface area contributed by atoms with E-state index in [4.69, 9.17) is 57.4 Å². The molecule has 4 atom stereocenters. The van der Waals surface area contributed by atoms with Crippen molar-refractivity contribution >= 4 is 70.5 Å². The number of aliphatic hydroxyl groups excluding tert-OH is 2. The lowest BCUT2D eigenvalue weighted by Crippen LogP contribution is -2.37. The summed E-state index contributed by atoms with van der Waals surface area (Å²) >= 11 is 3.98. The van der Waals surface area contributed by atoms with Crippen LogP contribution in [-0.4, -0.2) is 172 Å². The van der Waals surface area contributed by atoms with E-state index >= 15 is 0 Å². The zero-order chi connectivity index (χ0) is 53.5. The third-order valence-corrected chi connectivity index (χ3v) is 11.4. The average Bonchev–Trinajstić information content (AvgIpc) is 3.80. The second kappa shape index (κ2) is 34.7. The van der Waals surface area contributed by atoms with E-state index in [0.717, 1.165) is 5.39 Å². The molecule has 4 aromatic rings. The van der Waals surface area contributed by atoms with E-state index in [1.54, 1.807) is 24.4 Å². The Bertz CT molecular complexity index is 2310. The van der Waals surface area contributed by atoms with Gasteiger partial charge in [0.25, 0.3) is 0 Å². The average molecular weight is 1060 g/mol. The van der Waals surface area contributed by atoms with Gasteiger partial charge in [-0.3, -0.25) is 19.2 Å². The maximum atomic E-state index is 12.6. The fourth-order valence-corrected chi connectivity index (χ4v) is 7.12. The number of esters is 2. The number of methoxy groups -OCH3 is 2. The van der Waals surface area contributed by atoms with Crippen LogP contribution in [0.3, 0.4) is 0 Å². The van der Waals surface area contributed by atoms with Crippen molar-refractivity contribution < 1.29 is 76.5 Å². The van der Waals surface area contributed by atoms with E-state index in [1.807, 2.05) is 32.0 Å². The molecule has 1 fully saturated rings. The van der Waals surface area contributed by atoms with Crippen LogP contribution in [0.5, 0.6) is 5.75 Å². The van der Waals surface area contributed by atoms with E-state index in [-0.39, 0.29) is 70.0 Å². The highest BCUT2D eigenvalue weighted by atomic mass is 32.1. The highest BCUT2D eigenvalue weighted by Crippen LogP contribution is 2.35. The number of fused-ring (bicyclic) bond motifs is 3. The molecule has 24 heteroatoms. The standard InChI is InChI=1S/C36H46N6O10.C14H27NO6S/c1-3-25(22-43)50-30(47-2)23-49-29(45)13-7-12-28(44)37-14-4-5-15-39-36(46)51-26-10-6-9-24(21-26)33-40-31-27-11-8-16-38-35(27)52-32(31)34(41-33)42-17-19-48-20-18-42;1-3-11(9-16)21-14(19-2)10-20-13(18)6-4-5-12(17)15-7-8-22/h6,8-11,16,21,25,30,43H,3-5,7,12-15,17-20,22-23H2,1-2H3,(H,37,44)(H,39,46);11,14,16,22H,3-10H2,1-2H3,(H,15,17). The molecular formula is C50H73N7O16S. The van der Waals surface area contributed by atoms with Crippen molar-refractivity contribution in [3.63, 3.8) is 0 Å². The molecule has 3 amide bonds. The van der Waals surface area contributed by atoms with Crippen LogP contribution in [-0.2, 0) is 52.3 Å². The number of furan rings is 1. The molecule has 23 nitrogen and oxygen atoms in total. The normalized spacial score (nSPS) is 14.0. The molecule has 1 aliphatic rings. The van der Waals surface area contributed by atoms with Gasteiger partial charge in [-0.2, -0.15) is 12.6 Å². The summed E-state index contributed by atoms with van der Waals surface area (Å²) in [5.74, 6) is 0.875. The molecule has 74 heavy (non-hydrogen) atoms. The Hall–Kier alpha value is -5.73. The molecule has 1 saturated heterocycles.